The maximum absolute atomic E-state index is 12.2. The van der Waals surface area contributed by atoms with Gasteiger partial charge in [-0.05, 0) is 66.7 Å². The van der Waals surface area contributed by atoms with E-state index in [-0.39, 0.29) is 53.8 Å². The molecule has 2 aliphatic rings. The van der Waals surface area contributed by atoms with E-state index in [1.165, 1.54) is 53.1 Å². The van der Waals surface area contributed by atoms with Crippen LogP contribution >= 0.6 is 34.9 Å². The second-order valence-electron chi connectivity index (χ2n) is 14.5. The zero-order valence-corrected chi connectivity index (χ0v) is 35.3. The molecule has 0 bridgehead atoms. The largest absolute Gasteiger partial charge is 0.512 e. The van der Waals surface area contributed by atoms with Gasteiger partial charge in [0.05, 0.1) is 10.4 Å². The van der Waals surface area contributed by atoms with Gasteiger partial charge in [0.25, 0.3) is 0 Å². The van der Waals surface area contributed by atoms with Crippen molar-refractivity contribution in [2.45, 2.75) is 112 Å². The van der Waals surface area contributed by atoms with Crippen LogP contribution in [0.1, 0.15) is 118 Å². The number of aromatic nitrogens is 1. The number of hydrogen-bond donors (Lipinski definition) is 1. The summed E-state index contributed by atoms with van der Waals surface area (Å²) in [5.41, 5.74) is 3.58. The number of carbonyl (C=O) groups excluding carboxylic acids is 1. The molecule has 2 unspecified atom stereocenters. The van der Waals surface area contributed by atoms with Crippen LogP contribution < -0.4 is 0 Å². The molecule has 7 heteroatoms. The Kier molecular flexibility index (Phi) is 14.0. The maximum atomic E-state index is 12.2. The molecule has 1 aliphatic heterocycles. The number of nitrogens with zero attached hydrogens (tertiary/aromatic N) is 1. The minimum absolute atomic E-state index is 0. The van der Waals surface area contributed by atoms with E-state index in [2.05, 4.69) is 71.0 Å². The molecule has 0 saturated heterocycles. The van der Waals surface area contributed by atoms with Crippen molar-refractivity contribution in [2.24, 2.45) is 16.2 Å². The predicted molar refractivity (Wildman–Crippen MR) is 210 cm³/mol. The molecule has 2 aromatic heterocycles. The van der Waals surface area contributed by atoms with Gasteiger partial charge in [-0.15, -0.1) is 39.7 Å². The van der Waals surface area contributed by atoms with Gasteiger partial charge in [-0.25, -0.2) is 24.3 Å². The number of thioether (sulfide) groups is 2. The van der Waals surface area contributed by atoms with Gasteiger partial charge in [-0.3, -0.25) is 9.78 Å². The number of hydrogen-bond acceptors (Lipinski definition) is 6. The van der Waals surface area contributed by atoms with E-state index in [0.717, 1.165) is 25.7 Å². The third kappa shape index (κ3) is 8.23. The monoisotopic (exact) mass is 881 g/mol. The molecule has 0 amide bonds. The number of rotatable bonds is 10. The van der Waals surface area contributed by atoms with Crippen LogP contribution in [0, 0.1) is 22.7 Å². The molecule has 1 radical (unpaired) electrons. The Bertz CT molecular complexity index is 1720. The second kappa shape index (κ2) is 16.5. The number of thiophene rings is 1. The maximum Gasteiger partial charge on any atom is 0.164 e. The van der Waals surface area contributed by atoms with Crippen molar-refractivity contribution in [3.63, 3.8) is 0 Å². The topological polar surface area (TPSA) is 50.2 Å². The van der Waals surface area contributed by atoms with Gasteiger partial charge in [0.15, 0.2) is 5.78 Å². The Labute approximate surface area is 316 Å². The first-order valence-corrected chi connectivity index (χ1v) is 19.8. The summed E-state index contributed by atoms with van der Waals surface area (Å²) in [5, 5.41) is 14.9. The molecule has 0 spiro atoms. The Balaban J connectivity index is 0.000000301. The Morgan fingerprint density at radius 2 is 1.71 bits per heavy atom. The van der Waals surface area contributed by atoms with Crippen LogP contribution in [-0.4, -0.2) is 21.6 Å². The molecule has 263 valence electrons. The first kappa shape index (κ1) is 40.7. The average Bonchev–Trinajstić information content (AvgIpc) is 3.63. The van der Waals surface area contributed by atoms with E-state index in [0.29, 0.717) is 5.92 Å². The summed E-state index contributed by atoms with van der Waals surface area (Å²) in [6, 6.07) is 6.85. The van der Waals surface area contributed by atoms with Crippen molar-refractivity contribution in [1.82, 2.24) is 4.98 Å². The fourth-order valence-electron chi connectivity index (χ4n) is 6.24. The number of fused-ring (bicyclic) bond motifs is 5. The number of benzene rings is 1. The van der Waals surface area contributed by atoms with Gasteiger partial charge in [0.2, 0.25) is 0 Å². The second-order valence-corrected chi connectivity index (χ2v) is 17.7. The molecule has 3 nitrogen and oxygen atoms in total. The van der Waals surface area contributed by atoms with Gasteiger partial charge >= 0.3 is 0 Å². The summed E-state index contributed by atoms with van der Waals surface area (Å²) in [6.07, 6.45) is 13.7. The zero-order chi connectivity index (χ0) is 34.7. The van der Waals surface area contributed by atoms with Crippen LogP contribution in [0.15, 0.2) is 75.7 Å². The molecule has 1 N–H and O–H groups in total. The zero-order valence-electron chi connectivity index (χ0n) is 30.5. The van der Waals surface area contributed by atoms with E-state index in [1.807, 2.05) is 76.2 Å². The first-order chi connectivity index (χ1) is 22.2. The van der Waals surface area contributed by atoms with Crippen LogP contribution in [0.5, 0.6) is 0 Å². The molecule has 2 atom stereocenters. The van der Waals surface area contributed by atoms with E-state index in [9.17, 15) is 9.90 Å². The first-order valence-electron chi connectivity index (χ1n) is 17.2. The van der Waals surface area contributed by atoms with E-state index in [4.69, 9.17) is 4.98 Å². The van der Waals surface area contributed by atoms with E-state index in [1.54, 1.807) is 17.3 Å². The molecule has 5 rings (SSSR count). The Morgan fingerprint density at radius 1 is 1.06 bits per heavy atom. The number of aliphatic hydroxyl groups is 1. The third-order valence-corrected chi connectivity index (χ3v) is 13.9. The normalized spacial score (nSPS) is 18.2. The number of allylic oxidation sites excluding steroid dienone is 5. The van der Waals surface area contributed by atoms with Gasteiger partial charge in [0.1, 0.15) is 5.76 Å². The van der Waals surface area contributed by atoms with Crippen molar-refractivity contribution >= 4 is 60.8 Å². The predicted octanol–water partition coefficient (Wildman–Crippen LogP) is 13.3. The molecule has 1 aliphatic carbocycles. The fourth-order valence-corrected chi connectivity index (χ4v) is 9.54. The molecule has 0 saturated carbocycles. The SMILES string of the molecule is C=CSC1=C[CH-]C(c2nccc3c2sc2ccc4c(c23)C(C)CS4)C=C1C(C)(C)C.CCC(C)(CC)C(=O)/C=C(\O)C(C)(CC)CC.[Ir]. The van der Waals surface area contributed by atoms with Gasteiger partial charge < -0.3 is 5.11 Å². The van der Waals surface area contributed by atoms with Gasteiger partial charge in [-0.2, -0.15) is 0 Å². The molecule has 48 heavy (non-hydrogen) atoms. The minimum atomic E-state index is -0.337. The molecule has 3 aromatic rings. The summed E-state index contributed by atoms with van der Waals surface area (Å²) in [7, 11) is 0. The smallest absolute Gasteiger partial charge is 0.164 e. The van der Waals surface area contributed by atoms with Crippen LogP contribution in [0.2, 0.25) is 0 Å². The summed E-state index contributed by atoms with van der Waals surface area (Å²) >= 11 is 5.62. The number of ketones is 1. The quantitative estimate of drug-likeness (QED) is 0.125. The molecular formula is C41H54IrNO2S3-. The molecule has 1 aromatic carbocycles. The number of pyridine rings is 1. The van der Waals surface area contributed by atoms with Crippen LogP contribution in [0.4, 0.5) is 0 Å². The summed E-state index contributed by atoms with van der Waals surface area (Å²) in [4.78, 5) is 19.8. The van der Waals surface area contributed by atoms with Crippen molar-refractivity contribution in [2.75, 3.05) is 5.75 Å². The van der Waals surface area contributed by atoms with Gasteiger partial charge in [-0.1, -0.05) is 81.2 Å². The van der Waals surface area contributed by atoms with Crippen molar-refractivity contribution in [3.05, 3.63) is 88.5 Å². The Hall–Kier alpha value is -1.76. The summed E-state index contributed by atoms with van der Waals surface area (Å²) in [6.45, 7) is 25.2. The van der Waals surface area contributed by atoms with Crippen molar-refractivity contribution in [3.8, 4) is 0 Å². The summed E-state index contributed by atoms with van der Waals surface area (Å²) in [5.74, 6) is 2.28. The van der Waals surface area contributed by atoms with Crippen LogP contribution in [0.3, 0.4) is 0 Å². The minimum Gasteiger partial charge on any atom is -0.512 e. The fraction of sp³-hybridized carbons (Fsp3) is 0.488. The van der Waals surface area contributed by atoms with E-state index < -0.39 is 0 Å². The van der Waals surface area contributed by atoms with E-state index >= 15 is 0 Å². The molecular weight excluding hydrogens is 827 g/mol. The standard InChI is InChI=1S/C26H26NS3.C15H28O2.Ir/c1-6-28-19-8-7-16(13-18(19)26(3,4)5)24-25-17(11-12-27-24)23-21(30-25)10-9-20-22(23)15(2)14-29-20;1-7-14(5,8-2)12(16)11-13(17)15(6,9-3)10-4;/h6-13,15-16H,1,14H2,2-5H3;11,16H,7-10H2,1-6H3;/q-1;;/b;12-11-;. The van der Waals surface area contributed by atoms with Crippen molar-refractivity contribution < 1.29 is 30.0 Å². The van der Waals surface area contributed by atoms with Gasteiger partial charge in [0, 0.05) is 69.3 Å². The van der Waals surface area contributed by atoms with Crippen LogP contribution in [-0.2, 0) is 24.9 Å². The molecule has 0 fully saturated rings. The number of aliphatic hydroxyl groups excluding tert-OH is 1. The average molecular weight is 881 g/mol. The summed E-state index contributed by atoms with van der Waals surface area (Å²) < 4.78 is 2.73. The van der Waals surface area contributed by atoms with Crippen molar-refractivity contribution in [1.29, 1.82) is 0 Å². The molecule has 3 heterocycles. The van der Waals surface area contributed by atoms with Crippen LogP contribution in [0.25, 0.3) is 20.2 Å². The third-order valence-electron chi connectivity index (χ3n) is 10.6. The Morgan fingerprint density at radius 3 is 2.29 bits per heavy atom. The number of carbonyl (C=O) groups is 1.